The summed E-state index contributed by atoms with van der Waals surface area (Å²) in [4.78, 5) is 33.6. The smallest absolute Gasteiger partial charge is 0.341 e. The SMILES string of the molecule is [2H]NC(=O)C(=O)c1ccn2cccc(OCC(=O)O)c12. The van der Waals surface area contributed by atoms with Gasteiger partial charge in [0.25, 0.3) is 11.7 Å². The third-order valence-corrected chi connectivity index (χ3v) is 2.44. The summed E-state index contributed by atoms with van der Waals surface area (Å²) in [7, 11) is 0. The topological polar surface area (TPSA) is 111 Å². The van der Waals surface area contributed by atoms with Crippen LogP contribution in [0, 0.1) is 0 Å². The molecule has 0 saturated heterocycles. The highest BCUT2D eigenvalue weighted by molar-refractivity contribution is 6.44. The maximum atomic E-state index is 11.8. The fraction of sp³-hybridized carbons (Fsp3) is 0.0833. The van der Waals surface area contributed by atoms with Gasteiger partial charge in [0.2, 0.25) is 0 Å². The van der Waals surface area contributed by atoms with Gasteiger partial charge < -0.3 is 20.0 Å². The molecule has 7 heteroatoms. The molecule has 2 heterocycles. The summed E-state index contributed by atoms with van der Waals surface area (Å²) < 4.78 is 13.3. The van der Waals surface area contributed by atoms with Crippen molar-refractivity contribution in [1.82, 2.24) is 4.40 Å². The van der Waals surface area contributed by atoms with Crippen LogP contribution in [0.25, 0.3) is 5.52 Å². The van der Waals surface area contributed by atoms with E-state index in [0.29, 0.717) is 0 Å². The standard InChI is InChI=1S/C12H10N2O5/c13-12(18)11(17)7-3-5-14-4-1-2-8(10(7)14)19-6-9(15)16/h1-5H,6H2,(H2,13,18)(H,15,16)/i/hD. The van der Waals surface area contributed by atoms with Gasteiger partial charge in [-0.15, -0.1) is 0 Å². The molecule has 0 fully saturated rings. The molecule has 0 bridgehead atoms. The second-order valence-corrected chi connectivity index (χ2v) is 3.70. The number of carboxylic acids is 1. The summed E-state index contributed by atoms with van der Waals surface area (Å²) >= 11 is 0. The number of primary amides is 1. The molecule has 0 aliphatic heterocycles. The van der Waals surface area contributed by atoms with E-state index >= 15 is 0 Å². The molecule has 0 aliphatic rings. The van der Waals surface area contributed by atoms with Crippen molar-refractivity contribution in [3.8, 4) is 5.75 Å². The summed E-state index contributed by atoms with van der Waals surface area (Å²) in [6, 6.07) is 4.51. The number of rotatable bonds is 5. The van der Waals surface area contributed by atoms with Crippen LogP contribution < -0.4 is 10.5 Å². The molecular formula is C12H10N2O5. The van der Waals surface area contributed by atoms with Crippen LogP contribution in [0.2, 0.25) is 1.41 Å². The van der Waals surface area contributed by atoms with E-state index in [1.54, 1.807) is 12.3 Å². The number of Topliss-reactive ketones (excluding diaryl/α,β-unsaturated/α-hetero) is 1. The number of pyridine rings is 1. The Morgan fingerprint density at radius 2 is 2.16 bits per heavy atom. The van der Waals surface area contributed by atoms with Crippen LogP contribution in [-0.4, -0.2) is 33.8 Å². The van der Waals surface area contributed by atoms with E-state index in [0.717, 1.165) is 0 Å². The third-order valence-electron chi connectivity index (χ3n) is 2.44. The van der Waals surface area contributed by atoms with Crippen molar-refractivity contribution in [3.05, 3.63) is 36.2 Å². The summed E-state index contributed by atoms with van der Waals surface area (Å²) in [5.41, 5.74) is 1.82. The highest BCUT2D eigenvalue weighted by Gasteiger charge is 2.19. The van der Waals surface area contributed by atoms with E-state index in [9.17, 15) is 14.4 Å². The predicted molar refractivity (Wildman–Crippen MR) is 64.1 cm³/mol. The predicted octanol–water partition coefficient (Wildman–Crippen LogP) is 0.0707. The van der Waals surface area contributed by atoms with Crippen molar-refractivity contribution in [1.29, 1.82) is 0 Å². The number of hydrogen-bond donors (Lipinski definition) is 2. The van der Waals surface area contributed by atoms with Crippen molar-refractivity contribution >= 4 is 23.2 Å². The van der Waals surface area contributed by atoms with Crippen LogP contribution in [0.15, 0.2) is 30.6 Å². The largest absolute Gasteiger partial charge is 0.480 e. The maximum absolute atomic E-state index is 11.8. The second-order valence-electron chi connectivity index (χ2n) is 3.70. The number of carboxylic acid groups (broad SMARTS) is 1. The van der Waals surface area contributed by atoms with Crippen LogP contribution in [0.4, 0.5) is 0 Å². The molecule has 2 rings (SSSR count). The van der Waals surface area contributed by atoms with Crippen LogP contribution >= 0.6 is 0 Å². The van der Waals surface area contributed by atoms with Gasteiger partial charge in [0.15, 0.2) is 8.02 Å². The first-order chi connectivity index (χ1) is 9.54. The zero-order valence-electron chi connectivity index (χ0n) is 10.6. The summed E-state index contributed by atoms with van der Waals surface area (Å²) in [6.07, 6.45) is 3.16. The Labute approximate surface area is 108 Å². The maximum Gasteiger partial charge on any atom is 0.341 e. The van der Waals surface area contributed by atoms with E-state index in [4.69, 9.17) is 11.3 Å². The molecule has 0 radical (unpaired) electrons. The fourth-order valence-corrected chi connectivity index (χ4v) is 1.70. The van der Waals surface area contributed by atoms with Crippen LogP contribution in [-0.2, 0) is 9.59 Å². The van der Waals surface area contributed by atoms with E-state index in [2.05, 4.69) is 0 Å². The number of aliphatic carboxylic acids is 1. The van der Waals surface area contributed by atoms with Gasteiger partial charge in [0, 0.05) is 12.4 Å². The third kappa shape index (κ3) is 2.39. The number of nitrogens with zero attached hydrogens (tertiary/aromatic N) is 1. The van der Waals surface area contributed by atoms with Crippen molar-refractivity contribution in [2.45, 2.75) is 0 Å². The molecule has 7 nitrogen and oxygen atoms in total. The lowest BCUT2D eigenvalue weighted by Crippen LogP contribution is -2.23. The van der Waals surface area contributed by atoms with E-state index in [1.807, 2.05) is 0 Å². The zero-order chi connectivity index (χ0) is 14.7. The van der Waals surface area contributed by atoms with E-state index in [-0.39, 0.29) is 16.8 Å². The number of ether oxygens (including phenoxy) is 1. The van der Waals surface area contributed by atoms with Gasteiger partial charge in [0.05, 0.1) is 11.1 Å². The monoisotopic (exact) mass is 263 g/mol. The number of aromatic nitrogens is 1. The second kappa shape index (κ2) is 4.81. The van der Waals surface area contributed by atoms with E-state index < -0.39 is 24.3 Å². The molecule has 0 spiro atoms. The van der Waals surface area contributed by atoms with Crippen molar-refractivity contribution in [2.24, 2.45) is 5.73 Å². The van der Waals surface area contributed by atoms with Gasteiger partial charge >= 0.3 is 5.97 Å². The molecule has 0 aliphatic carbocycles. The van der Waals surface area contributed by atoms with Gasteiger partial charge in [-0.1, -0.05) is 0 Å². The first kappa shape index (κ1) is 11.3. The van der Waals surface area contributed by atoms with Gasteiger partial charge in [-0.2, -0.15) is 0 Å². The first-order valence-corrected chi connectivity index (χ1v) is 5.25. The lowest BCUT2D eigenvalue weighted by atomic mass is 10.1. The molecule has 3 N–H and O–H groups in total. The number of ketones is 1. The number of nitrogens with two attached hydrogens (primary N) is 1. The molecule has 2 aromatic heterocycles. The summed E-state index contributed by atoms with van der Waals surface area (Å²) in [5.74, 6) is -2.96. The molecule has 98 valence electrons. The minimum absolute atomic E-state index is 0.0377. The van der Waals surface area contributed by atoms with Crippen molar-refractivity contribution in [3.63, 3.8) is 0 Å². The average molecular weight is 263 g/mol. The molecule has 0 saturated carbocycles. The molecule has 0 unspecified atom stereocenters. The Hall–Kier alpha value is -2.83. The van der Waals surface area contributed by atoms with E-state index in [1.165, 1.54) is 28.5 Å². The zero-order valence-corrected chi connectivity index (χ0v) is 9.62. The Kier molecular flexibility index (Phi) is 2.85. The molecule has 19 heavy (non-hydrogen) atoms. The Morgan fingerprint density at radius 1 is 1.37 bits per heavy atom. The Morgan fingerprint density at radius 3 is 2.84 bits per heavy atom. The Bertz CT molecular complexity index is 694. The molecule has 2 aromatic rings. The molecule has 1 amide bonds. The highest BCUT2D eigenvalue weighted by Crippen LogP contribution is 2.24. The molecule has 0 aromatic carbocycles. The van der Waals surface area contributed by atoms with Gasteiger partial charge in [-0.25, -0.2) is 4.79 Å². The Balaban J connectivity index is 2.48. The number of amides is 1. The highest BCUT2D eigenvalue weighted by atomic mass is 16.5. The van der Waals surface area contributed by atoms with Crippen LogP contribution in [0.1, 0.15) is 10.4 Å². The van der Waals surface area contributed by atoms with Crippen molar-refractivity contribution < 1.29 is 25.6 Å². The normalized spacial score (nSPS) is 10.8. The lowest BCUT2D eigenvalue weighted by Gasteiger charge is -2.07. The van der Waals surface area contributed by atoms with Crippen LogP contribution in [0.5, 0.6) is 5.75 Å². The summed E-state index contributed by atoms with van der Waals surface area (Å²) in [6.45, 7) is -0.566. The number of carbonyl (C=O) groups is 3. The quantitative estimate of drug-likeness (QED) is 0.585. The fourth-order valence-electron chi connectivity index (χ4n) is 1.70. The number of carbonyl (C=O) groups excluding carboxylic acids is 2. The minimum atomic E-state index is -1.16. The number of fused-ring (bicyclic) bond motifs is 1. The van der Waals surface area contributed by atoms with Gasteiger partial charge in [-0.05, 0) is 18.2 Å². The van der Waals surface area contributed by atoms with Crippen molar-refractivity contribution in [2.75, 3.05) is 6.61 Å². The van der Waals surface area contributed by atoms with Gasteiger partial charge in [0.1, 0.15) is 5.75 Å². The average Bonchev–Trinajstić information content (AvgIpc) is 2.87. The molecule has 0 atom stereocenters. The summed E-state index contributed by atoms with van der Waals surface area (Å²) in [5, 5.41) is 8.61. The van der Waals surface area contributed by atoms with Gasteiger partial charge in [-0.3, -0.25) is 9.59 Å². The first-order valence-electron chi connectivity index (χ1n) is 5.75. The molecular weight excluding hydrogens is 252 g/mol. The minimum Gasteiger partial charge on any atom is -0.480 e. The lowest BCUT2D eigenvalue weighted by molar-refractivity contribution is -0.139. The number of hydrogen-bond acceptors (Lipinski definition) is 4. The van der Waals surface area contributed by atoms with Crippen LogP contribution in [0.3, 0.4) is 0 Å².